The zero-order valence-electron chi connectivity index (χ0n) is 17.2. The molecule has 1 heterocycles. The van der Waals surface area contributed by atoms with E-state index in [1.165, 1.54) is 24.0 Å². The van der Waals surface area contributed by atoms with Gasteiger partial charge in [-0.2, -0.15) is 0 Å². The van der Waals surface area contributed by atoms with E-state index in [4.69, 9.17) is 11.6 Å². The minimum atomic E-state index is -3.50. The van der Waals surface area contributed by atoms with Crippen LogP contribution in [0.15, 0.2) is 35.2 Å². The summed E-state index contributed by atoms with van der Waals surface area (Å²) in [5.74, 6) is 0. The van der Waals surface area contributed by atoms with Crippen LogP contribution in [0.5, 0.6) is 0 Å². The molecule has 2 aliphatic rings. The molecular formula is C23H29ClN2O2S. The highest BCUT2D eigenvalue weighted by Crippen LogP contribution is 2.41. The third-order valence-electron chi connectivity index (χ3n) is 6.33. The van der Waals surface area contributed by atoms with Crippen molar-refractivity contribution in [1.29, 1.82) is 0 Å². The first-order valence-electron chi connectivity index (χ1n) is 10.5. The van der Waals surface area contributed by atoms with Crippen LogP contribution in [0.1, 0.15) is 53.1 Å². The molecular weight excluding hydrogens is 404 g/mol. The molecule has 0 saturated carbocycles. The first-order valence-corrected chi connectivity index (χ1v) is 12.3. The molecule has 1 atom stereocenters. The fraction of sp³-hybridized carbons (Fsp3) is 0.478. The smallest absolute Gasteiger partial charge is 0.240 e. The Kier molecular flexibility index (Phi) is 6.03. The van der Waals surface area contributed by atoms with E-state index in [1.807, 2.05) is 6.92 Å². The van der Waals surface area contributed by atoms with E-state index < -0.39 is 10.0 Å². The molecule has 4 nitrogen and oxygen atoms in total. The molecule has 1 aliphatic carbocycles. The van der Waals surface area contributed by atoms with Gasteiger partial charge in [-0.25, -0.2) is 13.1 Å². The van der Waals surface area contributed by atoms with Gasteiger partial charge in [0.15, 0.2) is 0 Å². The predicted octanol–water partition coefficient (Wildman–Crippen LogP) is 4.56. The maximum absolute atomic E-state index is 12.7. The largest absolute Gasteiger partial charge is 0.296 e. The number of nitrogens with zero attached hydrogens (tertiary/aromatic N) is 1. The molecule has 1 aliphatic heterocycles. The summed E-state index contributed by atoms with van der Waals surface area (Å²) in [7, 11) is -3.50. The first kappa shape index (κ1) is 20.9. The molecule has 0 fully saturated rings. The lowest BCUT2D eigenvalue weighted by molar-refractivity contribution is 0.182. The molecule has 2 aromatic carbocycles. The predicted molar refractivity (Wildman–Crippen MR) is 118 cm³/mol. The quantitative estimate of drug-likeness (QED) is 0.652. The zero-order chi connectivity index (χ0) is 20.6. The lowest BCUT2D eigenvalue weighted by Crippen LogP contribution is -2.35. The normalized spacial score (nSPS) is 18.8. The molecule has 6 heteroatoms. The number of benzene rings is 2. The maximum atomic E-state index is 12.7. The van der Waals surface area contributed by atoms with E-state index in [-0.39, 0.29) is 0 Å². The van der Waals surface area contributed by atoms with E-state index in [0.29, 0.717) is 28.1 Å². The third-order valence-corrected chi connectivity index (χ3v) is 8.34. The monoisotopic (exact) mass is 432 g/mol. The van der Waals surface area contributed by atoms with Gasteiger partial charge in [0.1, 0.15) is 0 Å². The number of nitrogens with one attached hydrogen (secondary N) is 1. The van der Waals surface area contributed by atoms with Gasteiger partial charge < -0.3 is 0 Å². The first-order chi connectivity index (χ1) is 13.9. The van der Waals surface area contributed by atoms with Crippen molar-refractivity contribution in [3.05, 3.63) is 63.2 Å². The Morgan fingerprint density at radius 1 is 1.10 bits per heavy atom. The van der Waals surface area contributed by atoms with Crippen LogP contribution in [0.4, 0.5) is 0 Å². The molecule has 2 aromatic rings. The van der Waals surface area contributed by atoms with Crippen LogP contribution in [-0.2, 0) is 22.9 Å². The average Bonchev–Trinajstić information content (AvgIpc) is 3.12. The van der Waals surface area contributed by atoms with Crippen molar-refractivity contribution in [3.8, 4) is 0 Å². The van der Waals surface area contributed by atoms with Gasteiger partial charge in [0.2, 0.25) is 10.0 Å². The molecule has 0 amide bonds. The summed E-state index contributed by atoms with van der Waals surface area (Å²) in [6.45, 7) is 6.20. The van der Waals surface area contributed by atoms with Gasteiger partial charge in [-0.15, -0.1) is 0 Å². The molecule has 0 bridgehead atoms. The standard InChI is InChI=1S/C23H29ClN2O2S/c1-16-15-22(17(2)14-20(16)24)29(27,28)25-11-3-4-12-26-13-10-19-7-5-6-18-8-9-21(26)23(18)19/h5-7,14-15,21,25H,3-4,8-13H2,1-2H3. The van der Waals surface area contributed by atoms with Crippen molar-refractivity contribution in [2.24, 2.45) is 0 Å². The second-order valence-electron chi connectivity index (χ2n) is 8.30. The summed E-state index contributed by atoms with van der Waals surface area (Å²) in [5, 5.41) is 0.597. The van der Waals surface area contributed by atoms with E-state index in [2.05, 4.69) is 27.8 Å². The highest BCUT2D eigenvalue weighted by Gasteiger charge is 2.32. The van der Waals surface area contributed by atoms with Crippen LogP contribution >= 0.6 is 11.6 Å². The van der Waals surface area contributed by atoms with Crippen molar-refractivity contribution in [2.75, 3.05) is 19.6 Å². The Balaban J connectivity index is 1.29. The summed E-state index contributed by atoms with van der Waals surface area (Å²) >= 11 is 6.09. The molecule has 29 heavy (non-hydrogen) atoms. The van der Waals surface area contributed by atoms with Gasteiger partial charge in [0.05, 0.1) is 4.90 Å². The molecule has 0 saturated heterocycles. The molecule has 1 unspecified atom stereocenters. The lowest BCUT2D eigenvalue weighted by Gasteiger charge is -2.35. The summed E-state index contributed by atoms with van der Waals surface area (Å²) in [4.78, 5) is 2.92. The molecule has 0 aromatic heterocycles. The Labute approximate surface area is 179 Å². The fourth-order valence-corrected chi connectivity index (χ4v) is 6.39. The fourth-order valence-electron chi connectivity index (χ4n) is 4.79. The van der Waals surface area contributed by atoms with Crippen molar-refractivity contribution in [1.82, 2.24) is 9.62 Å². The number of sulfonamides is 1. The van der Waals surface area contributed by atoms with Gasteiger partial charge in [-0.3, -0.25) is 4.90 Å². The van der Waals surface area contributed by atoms with Crippen LogP contribution in [-0.4, -0.2) is 33.0 Å². The van der Waals surface area contributed by atoms with Crippen LogP contribution in [0, 0.1) is 13.8 Å². The summed E-state index contributed by atoms with van der Waals surface area (Å²) in [6, 6.07) is 10.7. The van der Waals surface area contributed by atoms with Crippen molar-refractivity contribution in [3.63, 3.8) is 0 Å². The van der Waals surface area contributed by atoms with E-state index in [1.54, 1.807) is 24.6 Å². The maximum Gasteiger partial charge on any atom is 0.240 e. The molecule has 0 radical (unpaired) electrons. The number of hydrogen-bond donors (Lipinski definition) is 1. The number of rotatable bonds is 7. The molecule has 1 N–H and O–H groups in total. The van der Waals surface area contributed by atoms with Gasteiger partial charge in [0.25, 0.3) is 0 Å². The summed E-state index contributed by atoms with van der Waals surface area (Å²) in [6.07, 6.45) is 5.36. The summed E-state index contributed by atoms with van der Waals surface area (Å²) in [5.41, 5.74) is 6.09. The number of aryl methyl sites for hydroxylation is 3. The average molecular weight is 433 g/mol. The summed E-state index contributed by atoms with van der Waals surface area (Å²) < 4.78 is 28.1. The van der Waals surface area contributed by atoms with Crippen LogP contribution in [0.2, 0.25) is 5.02 Å². The van der Waals surface area contributed by atoms with Gasteiger partial charge in [-0.1, -0.05) is 29.8 Å². The minimum Gasteiger partial charge on any atom is -0.296 e. The molecule has 4 rings (SSSR count). The highest BCUT2D eigenvalue weighted by molar-refractivity contribution is 7.89. The van der Waals surface area contributed by atoms with Crippen molar-refractivity contribution < 1.29 is 8.42 Å². The lowest BCUT2D eigenvalue weighted by atomic mass is 9.93. The Morgan fingerprint density at radius 3 is 2.66 bits per heavy atom. The van der Waals surface area contributed by atoms with Crippen LogP contribution < -0.4 is 4.72 Å². The minimum absolute atomic E-state index is 0.325. The number of unbranched alkanes of at least 4 members (excludes halogenated alkanes) is 1. The second kappa shape index (κ2) is 8.38. The highest BCUT2D eigenvalue weighted by atomic mass is 35.5. The third kappa shape index (κ3) is 4.24. The Bertz CT molecular complexity index is 1020. The van der Waals surface area contributed by atoms with Gasteiger partial charge in [-0.05, 0) is 92.4 Å². The van der Waals surface area contributed by atoms with Crippen LogP contribution in [0.3, 0.4) is 0 Å². The van der Waals surface area contributed by atoms with E-state index in [0.717, 1.165) is 37.9 Å². The number of halogens is 1. The molecule has 156 valence electrons. The number of hydrogen-bond acceptors (Lipinski definition) is 3. The SMILES string of the molecule is Cc1cc(S(=O)(=O)NCCCCN2CCc3cccc4c3C2CC4)c(C)cc1Cl. The second-order valence-corrected chi connectivity index (χ2v) is 10.4. The van der Waals surface area contributed by atoms with E-state index >= 15 is 0 Å². The Morgan fingerprint density at radius 2 is 1.86 bits per heavy atom. The van der Waals surface area contributed by atoms with Gasteiger partial charge >= 0.3 is 0 Å². The van der Waals surface area contributed by atoms with E-state index in [9.17, 15) is 8.42 Å². The van der Waals surface area contributed by atoms with Gasteiger partial charge in [0, 0.05) is 24.2 Å². The van der Waals surface area contributed by atoms with Crippen molar-refractivity contribution >= 4 is 21.6 Å². The topological polar surface area (TPSA) is 49.4 Å². The van der Waals surface area contributed by atoms with Crippen LogP contribution in [0.25, 0.3) is 0 Å². The molecule has 0 spiro atoms. The Hall–Kier alpha value is -1.40. The zero-order valence-corrected chi connectivity index (χ0v) is 18.7. The van der Waals surface area contributed by atoms with Crippen molar-refractivity contribution in [2.45, 2.75) is 56.9 Å².